The van der Waals surface area contributed by atoms with E-state index in [1.165, 1.54) is 0 Å². The molecule has 0 saturated heterocycles. The van der Waals surface area contributed by atoms with Crippen molar-refractivity contribution in [3.63, 3.8) is 0 Å². The van der Waals surface area contributed by atoms with E-state index in [0.717, 1.165) is 48.3 Å². The van der Waals surface area contributed by atoms with Crippen molar-refractivity contribution in [1.82, 2.24) is 0 Å². The molecule has 0 N–H and O–H groups in total. The van der Waals surface area contributed by atoms with Gasteiger partial charge in [0.1, 0.15) is 12.4 Å². The molecule has 4 nitrogen and oxygen atoms in total. The summed E-state index contributed by atoms with van der Waals surface area (Å²) in [6, 6.07) is 11.1. The monoisotopic (exact) mass is 448 g/mol. The third-order valence-electron chi connectivity index (χ3n) is 4.95. The summed E-state index contributed by atoms with van der Waals surface area (Å²) in [7, 11) is 0. The first kappa shape index (κ1) is 26.0. The normalized spacial score (nSPS) is 10.7. The van der Waals surface area contributed by atoms with E-state index >= 15 is 0 Å². The Morgan fingerprint density at radius 1 is 0.909 bits per heavy atom. The third-order valence-corrected chi connectivity index (χ3v) is 4.95. The van der Waals surface area contributed by atoms with Crippen LogP contribution in [-0.2, 0) is 6.42 Å². The minimum absolute atomic E-state index is 0.0766. The van der Waals surface area contributed by atoms with Crippen LogP contribution in [0.15, 0.2) is 67.8 Å². The third kappa shape index (κ3) is 8.64. The van der Waals surface area contributed by atoms with Gasteiger partial charge < -0.3 is 14.2 Å². The second-order valence-electron chi connectivity index (χ2n) is 7.73. The fourth-order valence-corrected chi connectivity index (χ4v) is 3.14. The lowest BCUT2D eigenvalue weighted by molar-refractivity contribution is 0.104. The van der Waals surface area contributed by atoms with Crippen molar-refractivity contribution in [2.45, 2.75) is 46.0 Å². The molecule has 2 aromatic rings. The molecule has 2 rings (SSSR count). The standard InChI is InChI=1S/C29H36O4/c1-5-9-19-32-28-22-23(21-25(11-7-3)29(28)33-20-10-6-2)12-17-27(30)24-13-15-26(16-14-24)31-18-8-4/h7-8,12-17,21-22H,3-6,9-11,18-20H2,1-2H3. The summed E-state index contributed by atoms with van der Waals surface area (Å²) >= 11 is 0. The van der Waals surface area contributed by atoms with Crippen molar-refractivity contribution in [3.05, 3.63) is 84.5 Å². The summed E-state index contributed by atoms with van der Waals surface area (Å²) in [6.45, 7) is 13.5. The zero-order valence-corrected chi connectivity index (χ0v) is 20.0. The molecule has 0 heterocycles. The van der Waals surface area contributed by atoms with Gasteiger partial charge >= 0.3 is 0 Å². The Kier molecular flexibility index (Phi) is 11.6. The van der Waals surface area contributed by atoms with Crippen molar-refractivity contribution < 1.29 is 19.0 Å². The van der Waals surface area contributed by atoms with Gasteiger partial charge in [-0.05, 0) is 67.3 Å². The Labute approximate surface area is 198 Å². The molecule has 33 heavy (non-hydrogen) atoms. The van der Waals surface area contributed by atoms with E-state index in [1.54, 1.807) is 36.4 Å². The van der Waals surface area contributed by atoms with E-state index in [1.807, 2.05) is 24.3 Å². The highest BCUT2D eigenvalue weighted by Gasteiger charge is 2.13. The number of unbranched alkanes of at least 4 members (excludes halogenated alkanes) is 2. The second-order valence-corrected chi connectivity index (χ2v) is 7.73. The van der Waals surface area contributed by atoms with E-state index in [9.17, 15) is 4.79 Å². The molecular weight excluding hydrogens is 412 g/mol. The van der Waals surface area contributed by atoms with E-state index < -0.39 is 0 Å². The van der Waals surface area contributed by atoms with Crippen molar-refractivity contribution in [2.75, 3.05) is 19.8 Å². The maximum atomic E-state index is 12.7. The van der Waals surface area contributed by atoms with Crippen LogP contribution in [0.25, 0.3) is 6.08 Å². The Bertz CT molecular complexity index is 925. The van der Waals surface area contributed by atoms with E-state index in [4.69, 9.17) is 14.2 Å². The molecule has 0 radical (unpaired) electrons. The van der Waals surface area contributed by atoms with Gasteiger partial charge in [-0.3, -0.25) is 4.79 Å². The number of carbonyl (C=O) groups excluding carboxylic acids is 1. The number of ether oxygens (including phenoxy) is 3. The molecule has 0 unspecified atom stereocenters. The summed E-state index contributed by atoms with van der Waals surface area (Å²) in [5, 5.41) is 0. The molecular formula is C29H36O4. The molecule has 2 aromatic carbocycles. The molecule has 0 aliphatic heterocycles. The quantitative estimate of drug-likeness (QED) is 0.118. The molecule has 0 fully saturated rings. The van der Waals surface area contributed by atoms with Gasteiger partial charge in [-0.2, -0.15) is 0 Å². The van der Waals surface area contributed by atoms with Gasteiger partial charge in [0, 0.05) is 11.1 Å². The lowest BCUT2D eigenvalue weighted by atomic mass is 10.0. The number of hydrogen-bond donors (Lipinski definition) is 0. The van der Waals surface area contributed by atoms with Crippen molar-refractivity contribution >= 4 is 11.9 Å². The minimum atomic E-state index is -0.0766. The van der Waals surface area contributed by atoms with Crippen LogP contribution in [0.4, 0.5) is 0 Å². The Morgan fingerprint density at radius 3 is 2.24 bits per heavy atom. The first-order valence-corrected chi connectivity index (χ1v) is 11.7. The fourth-order valence-electron chi connectivity index (χ4n) is 3.14. The van der Waals surface area contributed by atoms with Crippen molar-refractivity contribution in [2.24, 2.45) is 0 Å². The average Bonchev–Trinajstić information content (AvgIpc) is 2.83. The van der Waals surface area contributed by atoms with E-state index in [-0.39, 0.29) is 5.78 Å². The highest BCUT2D eigenvalue weighted by atomic mass is 16.5. The number of allylic oxidation sites excluding steroid dienone is 2. The van der Waals surface area contributed by atoms with Crippen molar-refractivity contribution in [1.29, 1.82) is 0 Å². The van der Waals surface area contributed by atoms with Gasteiger partial charge in [-0.1, -0.05) is 51.5 Å². The lowest BCUT2D eigenvalue weighted by Crippen LogP contribution is -2.05. The van der Waals surface area contributed by atoms with Crippen LogP contribution in [0.3, 0.4) is 0 Å². The molecule has 4 heteroatoms. The molecule has 0 atom stereocenters. The maximum absolute atomic E-state index is 12.7. The highest BCUT2D eigenvalue weighted by Crippen LogP contribution is 2.35. The van der Waals surface area contributed by atoms with Gasteiger partial charge in [0.2, 0.25) is 0 Å². The average molecular weight is 449 g/mol. The number of carbonyl (C=O) groups is 1. The van der Waals surface area contributed by atoms with E-state index in [0.29, 0.717) is 37.6 Å². The van der Waals surface area contributed by atoms with Crippen LogP contribution in [-0.4, -0.2) is 25.6 Å². The Morgan fingerprint density at radius 2 is 1.61 bits per heavy atom. The number of benzene rings is 2. The van der Waals surface area contributed by atoms with Gasteiger partial charge in [0.05, 0.1) is 13.2 Å². The van der Waals surface area contributed by atoms with Crippen LogP contribution < -0.4 is 14.2 Å². The van der Waals surface area contributed by atoms with Crippen molar-refractivity contribution in [3.8, 4) is 17.2 Å². The molecule has 0 aliphatic rings. The summed E-state index contributed by atoms with van der Waals surface area (Å²) < 4.78 is 17.6. The van der Waals surface area contributed by atoms with Gasteiger partial charge in [-0.15, -0.1) is 6.58 Å². The number of rotatable bonds is 16. The number of ketones is 1. The van der Waals surface area contributed by atoms with Crippen LogP contribution in [0.2, 0.25) is 0 Å². The van der Waals surface area contributed by atoms with Gasteiger partial charge in [-0.25, -0.2) is 0 Å². The van der Waals surface area contributed by atoms with Crippen LogP contribution >= 0.6 is 0 Å². The molecule has 0 saturated carbocycles. The highest BCUT2D eigenvalue weighted by molar-refractivity contribution is 6.06. The molecule has 176 valence electrons. The zero-order valence-electron chi connectivity index (χ0n) is 20.0. The van der Waals surface area contributed by atoms with Crippen LogP contribution in [0.1, 0.15) is 61.0 Å². The van der Waals surface area contributed by atoms with E-state index in [2.05, 4.69) is 27.0 Å². The molecule has 0 bridgehead atoms. The summed E-state index contributed by atoms with van der Waals surface area (Å²) in [4.78, 5) is 12.7. The largest absolute Gasteiger partial charge is 0.490 e. The summed E-state index contributed by atoms with van der Waals surface area (Å²) in [6.07, 6.45) is 11.7. The molecule has 0 spiro atoms. The van der Waals surface area contributed by atoms with Crippen LogP contribution in [0, 0.1) is 0 Å². The van der Waals surface area contributed by atoms with Crippen LogP contribution in [0.5, 0.6) is 17.2 Å². The molecule has 0 aromatic heterocycles. The zero-order chi connectivity index (χ0) is 23.9. The Hall–Kier alpha value is -3.27. The summed E-state index contributed by atoms with van der Waals surface area (Å²) in [5.41, 5.74) is 2.49. The topological polar surface area (TPSA) is 44.8 Å². The van der Waals surface area contributed by atoms with Gasteiger partial charge in [0.15, 0.2) is 17.3 Å². The SMILES string of the molecule is C=CCOc1ccc(C(=O)C=Cc2cc(CC=C)c(OCCCC)c(OCCCC)c2)cc1. The predicted molar refractivity (Wildman–Crippen MR) is 137 cm³/mol. The second kappa shape index (κ2) is 14.7. The fraction of sp³-hybridized carbons (Fsp3) is 0.345. The minimum Gasteiger partial charge on any atom is -0.490 e. The molecule has 0 amide bonds. The predicted octanol–water partition coefficient (Wildman–Crippen LogP) is 7.23. The first-order chi connectivity index (χ1) is 16.1. The summed E-state index contributed by atoms with van der Waals surface area (Å²) in [5.74, 6) is 2.12. The number of hydrogen-bond acceptors (Lipinski definition) is 4. The molecule has 0 aliphatic carbocycles. The smallest absolute Gasteiger partial charge is 0.185 e. The maximum Gasteiger partial charge on any atom is 0.185 e. The first-order valence-electron chi connectivity index (χ1n) is 11.7. The Balaban J connectivity index is 2.25. The lowest BCUT2D eigenvalue weighted by Gasteiger charge is -2.17. The van der Waals surface area contributed by atoms with Gasteiger partial charge in [0.25, 0.3) is 0 Å².